The van der Waals surface area contributed by atoms with E-state index in [1.807, 2.05) is 91.9 Å². The molecule has 0 radical (unpaired) electrons. The summed E-state index contributed by atoms with van der Waals surface area (Å²) in [6.45, 7) is 4.60. The highest BCUT2D eigenvalue weighted by molar-refractivity contribution is 9.10. The van der Waals surface area contributed by atoms with Crippen LogP contribution in [-0.4, -0.2) is 57.6 Å². The standard InChI is InChI=1S/C40H46BrN5O5S/c1-27(32-16-18-35(41)19-17-32)44-39(48)33-21-34(23-37(22-33)46(52(3,50)51)26-31-12-8-5-9-13-31)40(49)45-36(20-29-10-6-4-7-11-29)25-42-28(2)38(47)43-24-30-14-15-30/h4-13,16-19,21-23,27-28,30,36,42H,14-15,20,24-26H2,1-3H3,(H,43,47)(H,44,48)(H,45,49)/t27-,28+,36+/m1/s1. The smallest absolute Gasteiger partial charge is 0.251 e. The lowest BCUT2D eigenvalue weighted by Crippen LogP contribution is -2.49. The molecule has 0 saturated heterocycles. The minimum Gasteiger partial charge on any atom is -0.354 e. The Labute approximate surface area is 315 Å². The van der Waals surface area contributed by atoms with E-state index in [9.17, 15) is 22.8 Å². The maximum atomic E-state index is 14.1. The van der Waals surface area contributed by atoms with Gasteiger partial charge in [0.25, 0.3) is 11.8 Å². The van der Waals surface area contributed by atoms with Crippen LogP contribution in [0, 0.1) is 5.92 Å². The Morgan fingerprint density at radius 1 is 0.808 bits per heavy atom. The van der Waals surface area contributed by atoms with Gasteiger partial charge in [-0.1, -0.05) is 88.7 Å². The van der Waals surface area contributed by atoms with E-state index in [1.165, 1.54) is 22.5 Å². The topological polar surface area (TPSA) is 137 Å². The summed E-state index contributed by atoms with van der Waals surface area (Å²) in [5, 5.41) is 12.3. The third-order valence-corrected chi connectivity index (χ3v) is 10.7. The molecule has 4 N–H and O–H groups in total. The van der Waals surface area contributed by atoms with Gasteiger partial charge in [0.1, 0.15) is 0 Å². The summed E-state index contributed by atoms with van der Waals surface area (Å²) in [6.07, 6.45) is 3.84. The van der Waals surface area contributed by atoms with Crippen LogP contribution < -0.4 is 25.6 Å². The Kier molecular flexibility index (Phi) is 13.3. The van der Waals surface area contributed by atoms with Gasteiger partial charge in [0.05, 0.1) is 30.6 Å². The van der Waals surface area contributed by atoms with E-state index >= 15 is 0 Å². The van der Waals surface area contributed by atoms with Crippen LogP contribution in [0.5, 0.6) is 0 Å². The Balaban J connectivity index is 1.43. The third-order valence-electron chi connectivity index (χ3n) is 9.00. The lowest BCUT2D eigenvalue weighted by Gasteiger charge is -2.25. The second kappa shape index (κ2) is 17.8. The molecular weight excluding hydrogens is 742 g/mol. The third kappa shape index (κ3) is 11.5. The molecule has 1 aliphatic carbocycles. The van der Waals surface area contributed by atoms with Gasteiger partial charge in [-0.25, -0.2) is 8.42 Å². The molecule has 1 fully saturated rings. The SMILES string of the molecule is C[C@H](NC[C@H](Cc1ccccc1)NC(=O)c1cc(C(=O)N[C@H](C)c2ccc(Br)cc2)cc(N(Cc2ccccc2)S(C)(=O)=O)c1)C(=O)NCC1CC1. The van der Waals surface area contributed by atoms with E-state index in [0.29, 0.717) is 25.4 Å². The van der Waals surface area contributed by atoms with Crippen LogP contribution in [0.1, 0.15) is 70.1 Å². The summed E-state index contributed by atoms with van der Waals surface area (Å²) in [5.74, 6) is -0.498. The first kappa shape index (κ1) is 38.7. The molecule has 0 heterocycles. The van der Waals surface area contributed by atoms with Crippen molar-refractivity contribution in [2.45, 2.75) is 57.8 Å². The summed E-state index contributed by atoms with van der Waals surface area (Å²) in [5.41, 5.74) is 3.03. The zero-order valence-electron chi connectivity index (χ0n) is 29.6. The van der Waals surface area contributed by atoms with Crippen molar-refractivity contribution in [3.63, 3.8) is 0 Å². The summed E-state index contributed by atoms with van der Waals surface area (Å²) < 4.78 is 28.6. The molecule has 3 amide bonds. The molecule has 0 unspecified atom stereocenters. The van der Waals surface area contributed by atoms with Gasteiger partial charge < -0.3 is 21.3 Å². The molecule has 4 aromatic rings. The van der Waals surface area contributed by atoms with Crippen LogP contribution in [0.3, 0.4) is 0 Å². The molecule has 10 nitrogen and oxygen atoms in total. The maximum Gasteiger partial charge on any atom is 0.251 e. The molecule has 0 aliphatic heterocycles. The average Bonchev–Trinajstić information content (AvgIpc) is 3.97. The highest BCUT2D eigenvalue weighted by Crippen LogP contribution is 2.28. The number of nitrogens with one attached hydrogen (secondary N) is 4. The van der Waals surface area contributed by atoms with Gasteiger partial charge in [-0.3, -0.25) is 18.7 Å². The van der Waals surface area contributed by atoms with Crippen molar-refractivity contribution < 1.29 is 22.8 Å². The Bertz CT molecular complexity index is 1940. The fourth-order valence-corrected chi connectivity index (χ4v) is 6.89. The van der Waals surface area contributed by atoms with Crippen molar-refractivity contribution in [2.24, 2.45) is 5.92 Å². The molecule has 0 bridgehead atoms. The molecule has 0 aromatic heterocycles. The van der Waals surface area contributed by atoms with Crippen LogP contribution in [0.15, 0.2) is 108 Å². The van der Waals surface area contributed by atoms with Gasteiger partial charge >= 0.3 is 0 Å². The fourth-order valence-electron chi connectivity index (χ4n) is 5.75. The zero-order chi connectivity index (χ0) is 37.3. The molecule has 274 valence electrons. The van der Waals surface area contributed by atoms with Gasteiger partial charge in [-0.05, 0) is 86.1 Å². The van der Waals surface area contributed by atoms with Gasteiger partial charge in [0, 0.05) is 34.7 Å². The normalized spacial score (nSPS) is 14.5. The highest BCUT2D eigenvalue weighted by atomic mass is 79.9. The predicted molar refractivity (Wildman–Crippen MR) is 209 cm³/mol. The van der Waals surface area contributed by atoms with E-state index in [4.69, 9.17) is 0 Å². The number of carbonyl (C=O) groups is 3. The number of amides is 3. The summed E-state index contributed by atoms with van der Waals surface area (Å²) in [6, 6.07) is 29.5. The van der Waals surface area contributed by atoms with Crippen molar-refractivity contribution in [1.29, 1.82) is 0 Å². The highest BCUT2D eigenvalue weighted by Gasteiger charge is 2.26. The Morgan fingerprint density at radius 3 is 1.96 bits per heavy atom. The van der Waals surface area contributed by atoms with Crippen LogP contribution in [0.4, 0.5) is 5.69 Å². The molecule has 1 aliphatic rings. The van der Waals surface area contributed by atoms with Crippen molar-refractivity contribution in [2.75, 3.05) is 23.7 Å². The first-order valence-electron chi connectivity index (χ1n) is 17.4. The number of nitrogens with zero attached hydrogens (tertiary/aromatic N) is 1. The Morgan fingerprint density at radius 2 is 1.38 bits per heavy atom. The van der Waals surface area contributed by atoms with Crippen LogP contribution >= 0.6 is 15.9 Å². The van der Waals surface area contributed by atoms with E-state index in [2.05, 4.69) is 37.2 Å². The number of anilines is 1. The average molecular weight is 789 g/mol. The number of hydrogen-bond acceptors (Lipinski definition) is 6. The van der Waals surface area contributed by atoms with Gasteiger partial charge in [-0.2, -0.15) is 0 Å². The van der Waals surface area contributed by atoms with Crippen molar-refractivity contribution >= 4 is 49.4 Å². The van der Waals surface area contributed by atoms with Crippen LogP contribution in [-0.2, 0) is 27.8 Å². The summed E-state index contributed by atoms with van der Waals surface area (Å²) in [7, 11) is -3.85. The van der Waals surface area contributed by atoms with E-state index in [1.54, 1.807) is 6.92 Å². The number of sulfonamides is 1. The van der Waals surface area contributed by atoms with E-state index in [-0.39, 0.29) is 35.3 Å². The second-order valence-corrected chi connectivity index (χ2v) is 16.3. The lowest BCUT2D eigenvalue weighted by molar-refractivity contribution is -0.122. The molecule has 12 heteroatoms. The maximum absolute atomic E-state index is 14.1. The fraction of sp³-hybridized carbons (Fsp3) is 0.325. The molecular formula is C40H46BrN5O5S. The number of halogens is 1. The van der Waals surface area contributed by atoms with Gasteiger partial charge in [-0.15, -0.1) is 0 Å². The molecule has 4 aromatic carbocycles. The number of hydrogen-bond donors (Lipinski definition) is 4. The monoisotopic (exact) mass is 787 g/mol. The summed E-state index contributed by atoms with van der Waals surface area (Å²) >= 11 is 3.44. The largest absolute Gasteiger partial charge is 0.354 e. The minimum atomic E-state index is -3.85. The van der Waals surface area contributed by atoms with E-state index < -0.39 is 33.9 Å². The van der Waals surface area contributed by atoms with Gasteiger partial charge in [0.15, 0.2) is 0 Å². The lowest BCUT2D eigenvalue weighted by atomic mass is 10.0. The van der Waals surface area contributed by atoms with E-state index in [0.717, 1.165) is 40.3 Å². The molecule has 5 rings (SSSR count). The van der Waals surface area contributed by atoms with Gasteiger partial charge in [0.2, 0.25) is 15.9 Å². The first-order chi connectivity index (χ1) is 24.9. The molecule has 52 heavy (non-hydrogen) atoms. The summed E-state index contributed by atoms with van der Waals surface area (Å²) in [4.78, 5) is 40.6. The Hall–Kier alpha value is -4.52. The van der Waals surface area contributed by atoms with Crippen LogP contribution in [0.2, 0.25) is 0 Å². The second-order valence-electron chi connectivity index (χ2n) is 13.4. The van der Waals surface area contributed by atoms with Crippen molar-refractivity contribution in [3.05, 3.63) is 135 Å². The molecule has 1 saturated carbocycles. The molecule has 0 spiro atoms. The van der Waals surface area contributed by atoms with Crippen LogP contribution in [0.25, 0.3) is 0 Å². The number of carbonyl (C=O) groups excluding carboxylic acids is 3. The quantitative estimate of drug-likeness (QED) is 0.108. The van der Waals surface area contributed by atoms with Crippen molar-refractivity contribution in [1.82, 2.24) is 21.3 Å². The number of benzene rings is 4. The predicted octanol–water partition coefficient (Wildman–Crippen LogP) is 5.75. The minimum absolute atomic E-state index is 0.00233. The molecule has 3 atom stereocenters. The van der Waals surface area contributed by atoms with Crippen molar-refractivity contribution in [3.8, 4) is 0 Å². The first-order valence-corrected chi connectivity index (χ1v) is 20.1. The number of rotatable bonds is 17. The zero-order valence-corrected chi connectivity index (χ0v) is 32.0.